The summed E-state index contributed by atoms with van der Waals surface area (Å²) in [6.07, 6.45) is 1.75. The number of methoxy groups -OCH3 is 2. The lowest BCUT2D eigenvalue weighted by atomic mass is 10.2. The van der Waals surface area contributed by atoms with Crippen molar-refractivity contribution in [1.82, 2.24) is 10.3 Å². The summed E-state index contributed by atoms with van der Waals surface area (Å²) in [6.45, 7) is 0.555. The molecule has 0 saturated carbocycles. The van der Waals surface area contributed by atoms with Crippen LogP contribution in [0.15, 0.2) is 42.6 Å². The third-order valence-electron chi connectivity index (χ3n) is 2.81. The van der Waals surface area contributed by atoms with E-state index >= 15 is 0 Å². The number of ether oxygens (including phenoxy) is 2. The van der Waals surface area contributed by atoms with Gasteiger partial charge in [-0.2, -0.15) is 0 Å². The number of hydrogen-bond acceptors (Lipinski definition) is 4. The Morgan fingerprint density at radius 2 is 2.05 bits per heavy atom. The number of benzene rings is 1. The molecule has 1 heterocycles. The molecule has 0 aliphatic rings. The van der Waals surface area contributed by atoms with E-state index in [9.17, 15) is 0 Å². The monoisotopic (exact) mass is 303 g/mol. The molecule has 0 atom stereocenters. The first kappa shape index (κ1) is 15.1. The van der Waals surface area contributed by atoms with E-state index in [4.69, 9.17) is 21.7 Å². The highest BCUT2D eigenvalue weighted by atomic mass is 32.1. The highest BCUT2D eigenvalue weighted by Crippen LogP contribution is 2.28. The number of thiocarbonyl (C=S) groups is 1. The topological polar surface area (TPSA) is 55.4 Å². The van der Waals surface area contributed by atoms with Gasteiger partial charge in [0.05, 0.1) is 32.1 Å². The molecule has 6 heteroatoms. The minimum absolute atomic E-state index is 0.493. The molecule has 2 N–H and O–H groups in total. The summed E-state index contributed by atoms with van der Waals surface area (Å²) in [5.74, 6) is 1.42. The Hall–Kier alpha value is -2.34. The van der Waals surface area contributed by atoms with Crippen molar-refractivity contribution in [3.05, 3.63) is 48.3 Å². The summed E-state index contributed by atoms with van der Waals surface area (Å²) in [6, 6.07) is 11.2. The van der Waals surface area contributed by atoms with Crippen molar-refractivity contribution in [1.29, 1.82) is 0 Å². The van der Waals surface area contributed by atoms with Crippen molar-refractivity contribution >= 4 is 23.0 Å². The summed E-state index contributed by atoms with van der Waals surface area (Å²) in [7, 11) is 3.22. The van der Waals surface area contributed by atoms with Crippen LogP contribution in [0.3, 0.4) is 0 Å². The van der Waals surface area contributed by atoms with E-state index in [0.29, 0.717) is 17.4 Å². The van der Waals surface area contributed by atoms with Gasteiger partial charge in [-0.3, -0.25) is 4.98 Å². The van der Waals surface area contributed by atoms with Crippen molar-refractivity contribution in [2.75, 3.05) is 19.5 Å². The highest BCUT2D eigenvalue weighted by molar-refractivity contribution is 7.80. The molecule has 1 aromatic carbocycles. The fourth-order valence-corrected chi connectivity index (χ4v) is 1.93. The van der Waals surface area contributed by atoms with Crippen molar-refractivity contribution in [3.8, 4) is 11.5 Å². The zero-order chi connectivity index (χ0) is 15.1. The van der Waals surface area contributed by atoms with Gasteiger partial charge in [0.2, 0.25) is 0 Å². The molecule has 1 aromatic heterocycles. The lowest BCUT2D eigenvalue weighted by Gasteiger charge is -2.14. The van der Waals surface area contributed by atoms with Crippen LogP contribution in [0, 0.1) is 0 Å². The molecule has 5 nitrogen and oxygen atoms in total. The molecule has 0 fully saturated rings. The maximum atomic E-state index is 5.29. The number of aromatic nitrogens is 1. The van der Waals surface area contributed by atoms with Crippen molar-refractivity contribution < 1.29 is 9.47 Å². The van der Waals surface area contributed by atoms with Gasteiger partial charge in [-0.15, -0.1) is 0 Å². The van der Waals surface area contributed by atoms with Crippen LogP contribution in [0.2, 0.25) is 0 Å². The third-order valence-corrected chi connectivity index (χ3v) is 3.06. The van der Waals surface area contributed by atoms with Gasteiger partial charge in [0, 0.05) is 12.3 Å². The largest absolute Gasteiger partial charge is 0.497 e. The fourth-order valence-electron chi connectivity index (χ4n) is 1.75. The minimum atomic E-state index is 0.493. The Bertz CT molecular complexity index is 605. The van der Waals surface area contributed by atoms with Crippen LogP contribution >= 0.6 is 12.2 Å². The first-order valence-electron chi connectivity index (χ1n) is 6.39. The lowest BCUT2D eigenvalue weighted by molar-refractivity contribution is 0.405. The van der Waals surface area contributed by atoms with Crippen LogP contribution in [-0.4, -0.2) is 24.3 Å². The highest BCUT2D eigenvalue weighted by Gasteiger charge is 2.06. The van der Waals surface area contributed by atoms with Crippen LogP contribution in [-0.2, 0) is 6.54 Å². The molecule has 0 amide bonds. The molecule has 2 aromatic rings. The van der Waals surface area contributed by atoms with E-state index in [2.05, 4.69) is 15.6 Å². The van der Waals surface area contributed by atoms with Crippen LogP contribution in [0.25, 0.3) is 0 Å². The maximum absolute atomic E-state index is 5.29. The fraction of sp³-hybridized carbons (Fsp3) is 0.200. The molecule has 0 aliphatic heterocycles. The van der Waals surface area contributed by atoms with Crippen LogP contribution in [0.4, 0.5) is 5.69 Å². The molecule has 0 aliphatic carbocycles. The van der Waals surface area contributed by atoms with E-state index in [1.807, 2.05) is 36.4 Å². The van der Waals surface area contributed by atoms with Gasteiger partial charge in [0.15, 0.2) is 5.11 Å². The Morgan fingerprint density at radius 3 is 2.71 bits per heavy atom. The van der Waals surface area contributed by atoms with Crippen molar-refractivity contribution in [3.63, 3.8) is 0 Å². The lowest BCUT2D eigenvalue weighted by Crippen LogP contribution is -2.28. The van der Waals surface area contributed by atoms with E-state index in [1.54, 1.807) is 20.4 Å². The van der Waals surface area contributed by atoms with Crippen molar-refractivity contribution in [2.45, 2.75) is 6.54 Å². The van der Waals surface area contributed by atoms with Crippen LogP contribution in [0.5, 0.6) is 11.5 Å². The van der Waals surface area contributed by atoms with Gasteiger partial charge < -0.3 is 20.1 Å². The van der Waals surface area contributed by atoms with Gasteiger partial charge in [0.25, 0.3) is 0 Å². The minimum Gasteiger partial charge on any atom is -0.497 e. The van der Waals surface area contributed by atoms with Gasteiger partial charge >= 0.3 is 0 Å². The Kier molecular flexibility index (Phi) is 5.34. The molecule has 0 radical (unpaired) electrons. The quantitative estimate of drug-likeness (QED) is 0.828. The third kappa shape index (κ3) is 4.32. The Morgan fingerprint density at radius 1 is 1.19 bits per heavy atom. The first-order chi connectivity index (χ1) is 10.2. The normalized spacial score (nSPS) is 9.81. The molecule has 21 heavy (non-hydrogen) atoms. The molecule has 0 unspecified atom stereocenters. The smallest absolute Gasteiger partial charge is 0.171 e. The standard InChI is InChI=1S/C15H17N3O2S/c1-19-12-6-7-14(20-2)13(9-12)18-15(21)17-10-11-5-3-4-8-16-11/h3-9H,10H2,1-2H3,(H2,17,18,21). The summed E-state index contributed by atoms with van der Waals surface area (Å²) < 4.78 is 10.5. The zero-order valence-electron chi connectivity index (χ0n) is 11.9. The average molecular weight is 303 g/mol. The molecular formula is C15H17N3O2S. The summed E-state index contributed by atoms with van der Waals surface area (Å²) >= 11 is 5.28. The summed E-state index contributed by atoms with van der Waals surface area (Å²) in [5.41, 5.74) is 1.66. The number of hydrogen-bond donors (Lipinski definition) is 2. The molecule has 0 saturated heterocycles. The Labute approximate surface area is 129 Å². The number of nitrogens with one attached hydrogen (secondary N) is 2. The SMILES string of the molecule is COc1ccc(OC)c(NC(=S)NCc2ccccn2)c1. The predicted octanol–water partition coefficient (Wildman–Crippen LogP) is 2.59. The molecular weight excluding hydrogens is 286 g/mol. The number of anilines is 1. The van der Waals surface area contributed by atoms with Crippen molar-refractivity contribution in [2.24, 2.45) is 0 Å². The second kappa shape index (κ2) is 7.44. The van der Waals surface area contributed by atoms with Gasteiger partial charge in [0.1, 0.15) is 11.5 Å². The number of rotatable bonds is 5. The van der Waals surface area contributed by atoms with Gasteiger partial charge in [-0.05, 0) is 36.5 Å². The number of nitrogens with zero attached hydrogens (tertiary/aromatic N) is 1. The first-order valence-corrected chi connectivity index (χ1v) is 6.80. The zero-order valence-corrected chi connectivity index (χ0v) is 12.7. The van der Waals surface area contributed by atoms with Gasteiger partial charge in [-0.25, -0.2) is 0 Å². The van der Waals surface area contributed by atoms with Crippen LogP contribution in [0.1, 0.15) is 5.69 Å². The van der Waals surface area contributed by atoms with Gasteiger partial charge in [-0.1, -0.05) is 6.07 Å². The van der Waals surface area contributed by atoms with Crippen LogP contribution < -0.4 is 20.1 Å². The second-order valence-corrected chi connectivity index (χ2v) is 4.60. The predicted molar refractivity (Wildman–Crippen MR) is 86.8 cm³/mol. The number of pyridine rings is 1. The summed E-state index contributed by atoms with van der Waals surface area (Å²) in [5, 5.41) is 6.68. The molecule has 0 bridgehead atoms. The average Bonchev–Trinajstić information content (AvgIpc) is 2.54. The van der Waals surface area contributed by atoms with E-state index < -0.39 is 0 Å². The van der Waals surface area contributed by atoms with E-state index in [-0.39, 0.29) is 0 Å². The summed E-state index contributed by atoms with van der Waals surface area (Å²) in [4.78, 5) is 4.22. The molecule has 2 rings (SSSR count). The van der Waals surface area contributed by atoms with E-state index in [1.165, 1.54) is 0 Å². The second-order valence-electron chi connectivity index (χ2n) is 4.19. The maximum Gasteiger partial charge on any atom is 0.171 e. The molecule has 0 spiro atoms. The van der Waals surface area contributed by atoms with E-state index in [0.717, 1.165) is 17.1 Å². The Balaban J connectivity index is 1.99. The molecule has 110 valence electrons.